The number of benzene rings is 2. The minimum atomic E-state index is 0.0536. The molecule has 1 aliphatic heterocycles. The Balaban J connectivity index is 1.33. The number of likely N-dealkylation sites (tertiary alicyclic amines) is 1. The second-order valence-electron chi connectivity index (χ2n) is 7.91. The summed E-state index contributed by atoms with van der Waals surface area (Å²) in [6.07, 6.45) is 1.85. The van der Waals surface area contributed by atoms with E-state index in [0.717, 1.165) is 59.7 Å². The van der Waals surface area contributed by atoms with Crippen molar-refractivity contribution in [1.82, 2.24) is 14.9 Å². The highest BCUT2D eigenvalue weighted by Crippen LogP contribution is 2.28. The Morgan fingerprint density at radius 2 is 1.79 bits per heavy atom. The number of ether oxygens (including phenoxy) is 1. The highest BCUT2D eigenvalue weighted by atomic mass is 16.5. The number of hydrogen-bond donors (Lipinski definition) is 1. The first-order chi connectivity index (χ1) is 13.5. The number of piperidine rings is 1. The summed E-state index contributed by atoms with van der Waals surface area (Å²) in [6.45, 7) is 7.74. The number of rotatable bonds is 4. The van der Waals surface area contributed by atoms with Crippen LogP contribution in [0.25, 0.3) is 11.0 Å². The van der Waals surface area contributed by atoms with Gasteiger partial charge in [-0.3, -0.25) is 4.79 Å². The maximum Gasteiger partial charge on any atom is 0.260 e. The molecule has 28 heavy (non-hydrogen) atoms. The molecule has 1 aromatic heterocycles. The van der Waals surface area contributed by atoms with E-state index < -0.39 is 0 Å². The van der Waals surface area contributed by atoms with E-state index in [1.807, 2.05) is 30.9 Å². The molecule has 0 bridgehead atoms. The van der Waals surface area contributed by atoms with Crippen LogP contribution < -0.4 is 4.74 Å². The molecule has 0 atom stereocenters. The second-order valence-corrected chi connectivity index (χ2v) is 7.91. The van der Waals surface area contributed by atoms with Crippen LogP contribution in [0.1, 0.15) is 41.3 Å². The Bertz CT molecular complexity index is 980. The average Bonchev–Trinajstić information content (AvgIpc) is 3.08. The van der Waals surface area contributed by atoms with Gasteiger partial charge in [0.1, 0.15) is 11.6 Å². The Kier molecular flexibility index (Phi) is 5.07. The summed E-state index contributed by atoms with van der Waals surface area (Å²) < 4.78 is 5.74. The fourth-order valence-electron chi connectivity index (χ4n) is 3.99. The molecular formula is C23H27N3O2. The molecule has 0 radical (unpaired) electrons. The highest BCUT2D eigenvalue weighted by Gasteiger charge is 2.26. The first-order valence-corrected chi connectivity index (χ1v) is 9.93. The van der Waals surface area contributed by atoms with Crippen molar-refractivity contribution < 1.29 is 9.53 Å². The third-order valence-electron chi connectivity index (χ3n) is 5.45. The molecule has 1 amide bonds. The third-order valence-corrected chi connectivity index (χ3v) is 5.45. The summed E-state index contributed by atoms with van der Waals surface area (Å²) in [4.78, 5) is 22.7. The zero-order valence-electron chi connectivity index (χ0n) is 16.8. The minimum absolute atomic E-state index is 0.0536. The molecule has 0 aliphatic carbocycles. The van der Waals surface area contributed by atoms with Crippen LogP contribution in [0.4, 0.5) is 0 Å². The first-order valence-electron chi connectivity index (χ1n) is 9.93. The van der Waals surface area contributed by atoms with Crippen molar-refractivity contribution in [2.24, 2.45) is 0 Å². The van der Waals surface area contributed by atoms with Gasteiger partial charge in [-0.05, 0) is 74.6 Å². The summed E-state index contributed by atoms with van der Waals surface area (Å²) in [7, 11) is 0. The van der Waals surface area contributed by atoms with E-state index >= 15 is 0 Å². The fraction of sp³-hybridized carbons (Fsp3) is 0.391. The van der Waals surface area contributed by atoms with Crippen LogP contribution in [-0.2, 0) is 4.79 Å². The Morgan fingerprint density at radius 3 is 2.50 bits per heavy atom. The van der Waals surface area contributed by atoms with Crippen LogP contribution in [0.5, 0.6) is 5.75 Å². The van der Waals surface area contributed by atoms with Gasteiger partial charge in [-0.1, -0.05) is 12.1 Å². The number of amides is 1. The third kappa shape index (κ3) is 4.03. The monoisotopic (exact) mass is 377 g/mol. The topological polar surface area (TPSA) is 58.2 Å². The minimum Gasteiger partial charge on any atom is -0.484 e. The molecule has 146 valence electrons. The van der Waals surface area contributed by atoms with Crippen molar-refractivity contribution in [1.29, 1.82) is 0 Å². The van der Waals surface area contributed by atoms with Gasteiger partial charge in [0, 0.05) is 19.0 Å². The molecular weight excluding hydrogens is 350 g/mol. The van der Waals surface area contributed by atoms with Crippen LogP contribution in [-0.4, -0.2) is 40.5 Å². The number of imidazole rings is 1. The molecule has 5 heteroatoms. The summed E-state index contributed by atoms with van der Waals surface area (Å²) in [5.74, 6) is 2.23. The lowest BCUT2D eigenvalue weighted by molar-refractivity contribution is -0.134. The number of nitrogens with one attached hydrogen (secondary N) is 1. The molecule has 3 aromatic rings. The number of fused-ring (bicyclic) bond motifs is 1. The smallest absolute Gasteiger partial charge is 0.260 e. The predicted octanol–water partition coefficient (Wildman–Crippen LogP) is 4.27. The number of hydrogen-bond acceptors (Lipinski definition) is 3. The summed E-state index contributed by atoms with van der Waals surface area (Å²) >= 11 is 0. The van der Waals surface area contributed by atoms with Gasteiger partial charge in [0.25, 0.3) is 5.91 Å². The molecule has 2 heterocycles. The zero-order chi connectivity index (χ0) is 19.7. The summed E-state index contributed by atoms with van der Waals surface area (Å²) in [5.41, 5.74) is 5.62. The highest BCUT2D eigenvalue weighted by molar-refractivity contribution is 5.78. The number of H-pyrrole nitrogens is 1. The summed E-state index contributed by atoms with van der Waals surface area (Å²) in [5, 5.41) is 0. The largest absolute Gasteiger partial charge is 0.484 e. The molecule has 0 saturated carbocycles. The van der Waals surface area contributed by atoms with Crippen molar-refractivity contribution in [3.8, 4) is 5.75 Å². The molecule has 1 saturated heterocycles. The number of aryl methyl sites for hydroxylation is 3. The van der Waals surface area contributed by atoms with E-state index in [1.54, 1.807) is 0 Å². The Labute approximate surface area is 165 Å². The number of carbonyl (C=O) groups is 1. The number of nitrogens with zero attached hydrogens (tertiary/aromatic N) is 2. The zero-order valence-corrected chi connectivity index (χ0v) is 16.8. The van der Waals surface area contributed by atoms with Crippen molar-refractivity contribution >= 4 is 16.9 Å². The van der Waals surface area contributed by atoms with Gasteiger partial charge in [-0.25, -0.2) is 4.98 Å². The molecule has 0 spiro atoms. The van der Waals surface area contributed by atoms with E-state index in [2.05, 4.69) is 36.2 Å². The molecule has 1 N–H and O–H groups in total. The maximum atomic E-state index is 12.5. The van der Waals surface area contributed by atoms with Crippen molar-refractivity contribution in [2.75, 3.05) is 19.7 Å². The van der Waals surface area contributed by atoms with E-state index in [4.69, 9.17) is 9.72 Å². The Morgan fingerprint density at radius 1 is 1.07 bits per heavy atom. The predicted molar refractivity (Wildman–Crippen MR) is 111 cm³/mol. The van der Waals surface area contributed by atoms with E-state index in [9.17, 15) is 4.79 Å². The molecule has 4 rings (SSSR count). The lowest BCUT2D eigenvalue weighted by Crippen LogP contribution is -2.40. The van der Waals surface area contributed by atoms with Gasteiger partial charge >= 0.3 is 0 Å². The SMILES string of the molecule is Cc1cc(C)cc(OCC(=O)N2CCC(c3nc4ccc(C)cc4[nH]3)CC2)c1. The van der Waals surface area contributed by atoms with Crippen LogP contribution in [0, 0.1) is 20.8 Å². The van der Waals surface area contributed by atoms with Crippen LogP contribution in [0.3, 0.4) is 0 Å². The maximum absolute atomic E-state index is 12.5. The molecule has 1 fully saturated rings. The normalized spacial score (nSPS) is 15.2. The van der Waals surface area contributed by atoms with E-state index in [0.29, 0.717) is 5.92 Å². The van der Waals surface area contributed by atoms with Gasteiger partial charge in [0.2, 0.25) is 0 Å². The quantitative estimate of drug-likeness (QED) is 0.738. The van der Waals surface area contributed by atoms with Crippen LogP contribution in [0.2, 0.25) is 0 Å². The van der Waals surface area contributed by atoms with Crippen LogP contribution >= 0.6 is 0 Å². The number of aromatic nitrogens is 2. The summed E-state index contributed by atoms with van der Waals surface area (Å²) in [6, 6.07) is 12.3. The van der Waals surface area contributed by atoms with Crippen molar-refractivity contribution in [2.45, 2.75) is 39.5 Å². The van der Waals surface area contributed by atoms with Crippen LogP contribution in [0.15, 0.2) is 36.4 Å². The number of carbonyl (C=O) groups excluding carboxylic acids is 1. The van der Waals surface area contributed by atoms with Gasteiger partial charge in [0.05, 0.1) is 11.0 Å². The lowest BCUT2D eigenvalue weighted by Gasteiger charge is -2.31. The number of aromatic amines is 1. The molecule has 0 unspecified atom stereocenters. The Hall–Kier alpha value is -2.82. The van der Waals surface area contributed by atoms with E-state index in [-0.39, 0.29) is 12.5 Å². The van der Waals surface area contributed by atoms with E-state index in [1.165, 1.54) is 5.56 Å². The van der Waals surface area contributed by atoms with Crippen molar-refractivity contribution in [3.63, 3.8) is 0 Å². The average molecular weight is 377 g/mol. The van der Waals surface area contributed by atoms with Crippen molar-refractivity contribution in [3.05, 3.63) is 58.9 Å². The second kappa shape index (κ2) is 7.66. The van der Waals surface area contributed by atoms with Gasteiger partial charge in [-0.2, -0.15) is 0 Å². The fourth-order valence-corrected chi connectivity index (χ4v) is 3.99. The van der Waals surface area contributed by atoms with Gasteiger partial charge in [0.15, 0.2) is 6.61 Å². The lowest BCUT2D eigenvalue weighted by atomic mass is 9.96. The molecule has 1 aliphatic rings. The standard InChI is InChI=1S/C23H27N3O2/c1-15-4-5-20-21(13-15)25-23(24-20)18-6-8-26(9-7-18)22(27)14-28-19-11-16(2)10-17(3)12-19/h4-5,10-13,18H,6-9,14H2,1-3H3,(H,24,25). The molecule has 5 nitrogen and oxygen atoms in total. The van der Waals surface area contributed by atoms with Gasteiger partial charge < -0.3 is 14.6 Å². The first kappa shape index (κ1) is 18.5. The van der Waals surface area contributed by atoms with Gasteiger partial charge in [-0.15, -0.1) is 0 Å². The molecule has 2 aromatic carbocycles.